The SMILES string of the molecule is C=CC(=C)Oc1ccc(C[C@H](NC(C)=O)C(=O)N[C@@H](CCCCCN=C(N)N)C(N)=O)cc1. The number of nitrogens with zero attached hydrogens (tertiary/aromatic N) is 1. The number of ether oxygens (including phenoxy) is 1. The molecule has 0 aliphatic carbocycles. The van der Waals surface area contributed by atoms with Gasteiger partial charge in [-0.25, -0.2) is 0 Å². The first kappa shape index (κ1) is 27.2. The number of amides is 3. The zero-order valence-corrected chi connectivity index (χ0v) is 19.0. The standard InChI is InChI=1S/C23H34N6O4/c1-4-15(2)33-18-11-9-17(10-12-18)14-20(28-16(3)30)22(32)29-19(21(24)31)8-6-5-7-13-27-23(25)26/h4,9-12,19-20H,1-2,5-8,13-14H2,3H3,(H2,24,31)(H,28,30)(H,29,32)(H4,25,26,27)/t19-,20-/m0/s1. The van der Waals surface area contributed by atoms with Gasteiger partial charge in [0.15, 0.2) is 5.96 Å². The summed E-state index contributed by atoms with van der Waals surface area (Å²) in [5.74, 6) is -0.490. The van der Waals surface area contributed by atoms with Crippen LogP contribution in [0.25, 0.3) is 0 Å². The number of hydrogen-bond donors (Lipinski definition) is 5. The zero-order chi connectivity index (χ0) is 24.8. The Morgan fingerprint density at radius 3 is 2.27 bits per heavy atom. The highest BCUT2D eigenvalue weighted by Crippen LogP contribution is 2.16. The van der Waals surface area contributed by atoms with Gasteiger partial charge in [0, 0.05) is 19.9 Å². The predicted molar refractivity (Wildman–Crippen MR) is 128 cm³/mol. The smallest absolute Gasteiger partial charge is 0.243 e. The predicted octanol–water partition coefficient (Wildman–Crippen LogP) is 0.616. The average molecular weight is 459 g/mol. The van der Waals surface area contributed by atoms with Crippen LogP contribution in [-0.2, 0) is 20.8 Å². The van der Waals surface area contributed by atoms with E-state index in [4.69, 9.17) is 21.9 Å². The van der Waals surface area contributed by atoms with Crippen LogP contribution in [0.2, 0.25) is 0 Å². The minimum absolute atomic E-state index is 0.0330. The number of carbonyl (C=O) groups is 3. The van der Waals surface area contributed by atoms with Gasteiger partial charge in [0.2, 0.25) is 17.7 Å². The van der Waals surface area contributed by atoms with Crippen molar-refractivity contribution < 1.29 is 19.1 Å². The molecule has 0 aliphatic rings. The fraction of sp³-hybridized carbons (Fsp3) is 0.391. The summed E-state index contributed by atoms with van der Waals surface area (Å²) < 4.78 is 5.46. The van der Waals surface area contributed by atoms with E-state index in [1.165, 1.54) is 13.0 Å². The van der Waals surface area contributed by atoms with Gasteiger partial charge in [0.1, 0.15) is 23.6 Å². The number of benzene rings is 1. The van der Waals surface area contributed by atoms with Crippen LogP contribution >= 0.6 is 0 Å². The molecule has 0 saturated carbocycles. The number of primary amides is 1. The van der Waals surface area contributed by atoms with Gasteiger partial charge in [-0.05, 0) is 36.6 Å². The lowest BCUT2D eigenvalue weighted by Crippen LogP contribution is -2.53. The molecule has 1 aromatic rings. The Balaban J connectivity index is 2.72. The van der Waals surface area contributed by atoms with Crippen LogP contribution in [0, 0.1) is 0 Å². The molecule has 0 bridgehead atoms. The lowest BCUT2D eigenvalue weighted by molar-refractivity contribution is -0.130. The normalized spacial score (nSPS) is 12.0. The van der Waals surface area contributed by atoms with Crippen molar-refractivity contribution in [1.82, 2.24) is 10.6 Å². The fourth-order valence-electron chi connectivity index (χ4n) is 2.98. The average Bonchev–Trinajstić information content (AvgIpc) is 2.75. The second-order valence-electron chi connectivity index (χ2n) is 7.49. The number of carbonyl (C=O) groups excluding carboxylic acids is 3. The van der Waals surface area contributed by atoms with E-state index >= 15 is 0 Å². The molecule has 10 nitrogen and oxygen atoms in total. The number of allylic oxidation sites excluding steroid dienone is 1. The van der Waals surface area contributed by atoms with Crippen molar-refractivity contribution in [2.45, 2.75) is 51.1 Å². The number of guanidine groups is 1. The van der Waals surface area contributed by atoms with Crippen molar-refractivity contribution in [2.75, 3.05) is 6.54 Å². The molecular formula is C23H34N6O4. The Morgan fingerprint density at radius 1 is 1.06 bits per heavy atom. The van der Waals surface area contributed by atoms with Crippen molar-refractivity contribution in [3.05, 3.63) is 54.8 Å². The van der Waals surface area contributed by atoms with Crippen LogP contribution in [0.15, 0.2) is 54.3 Å². The monoisotopic (exact) mass is 458 g/mol. The molecular weight excluding hydrogens is 424 g/mol. The van der Waals surface area contributed by atoms with Crippen molar-refractivity contribution in [2.24, 2.45) is 22.2 Å². The Kier molecular flexibility index (Phi) is 11.8. The number of aliphatic imine (C=N–C) groups is 1. The maximum atomic E-state index is 12.8. The molecule has 0 spiro atoms. The summed E-state index contributed by atoms with van der Waals surface area (Å²) in [6.45, 7) is 9.08. The third-order valence-corrected chi connectivity index (χ3v) is 4.64. The van der Waals surface area contributed by atoms with Gasteiger partial charge < -0.3 is 32.6 Å². The Bertz CT molecular complexity index is 862. The van der Waals surface area contributed by atoms with E-state index in [0.29, 0.717) is 30.9 Å². The molecule has 8 N–H and O–H groups in total. The molecule has 0 unspecified atom stereocenters. The van der Waals surface area contributed by atoms with E-state index < -0.39 is 23.9 Å². The van der Waals surface area contributed by atoms with E-state index in [1.54, 1.807) is 24.3 Å². The maximum Gasteiger partial charge on any atom is 0.243 e. The summed E-state index contributed by atoms with van der Waals surface area (Å²) in [5.41, 5.74) is 16.8. The van der Waals surface area contributed by atoms with Crippen molar-refractivity contribution in [3.8, 4) is 5.75 Å². The molecule has 0 fully saturated rings. The summed E-state index contributed by atoms with van der Waals surface area (Å²) in [4.78, 5) is 40.2. The molecule has 1 rings (SSSR count). The van der Waals surface area contributed by atoms with E-state index in [-0.39, 0.29) is 18.3 Å². The Morgan fingerprint density at radius 2 is 1.73 bits per heavy atom. The number of rotatable bonds is 15. The van der Waals surface area contributed by atoms with E-state index in [1.807, 2.05) is 0 Å². The lowest BCUT2D eigenvalue weighted by atomic mass is 10.0. The molecule has 0 saturated heterocycles. The third-order valence-electron chi connectivity index (χ3n) is 4.64. The van der Waals surface area contributed by atoms with Crippen LogP contribution in [0.3, 0.4) is 0 Å². The molecule has 2 atom stereocenters. The minimum Gasteiger partial charge on any atom is -0.458 e. The topological polar surface area (TPSA) is 175 Å². The summed E-state index contributed by atoms with van der Waals surface area (Å²) in [5, 5.41) is 5.28. The largest absolute Gasteiger partial charge is 0.458 e. The highest BCUT2D eigenvalue weighted by Gasteiger charge is 2.25. The Labute approximate surface area is 194 Å². The molecule has 33 heavy (non-hydrogen) atoms. The van der Waals surface area contributed by atoms with Gasteiger partial charge in [-0.3, -0.25) is 19.4 Å². The molecule has 0 aromatic heterocycles. The second-order valence-corrected chi connectivity index (χ2v) is 7.49. The van der Waals surface area contributed by atoms with Gasteiger partial charge in [0.25, 0.3) is 0 Å². The van der Waals surface area contributed by atoms with Crippen molar-refractivity contribution in [1.29, 1.82) is 0 Å². The number of nitrogens with one attached hydrogen (secondary N) is 2. The van der Waals surface area contributed by atoms with Crippen LogP contribution in [0.5, 0.6) is 5.75 Å². The molecule has 3 amide bonds. The van der Waals surface area contributed by atoms with E-state index in [9.17, 15) is 14.4 Å². The van der Waals surface area contributed by atoms with Gasteiger partial charge in [-0.15, -0.1) is 0 Å². The quantitative estimate of drug-likeness (QED) is 0.0846. The van der Waals surface area contributed by atoms with Crippen LogP contribution in [-0.4, -0.2) is 42.3 Å². The molecule has 1 aromatic carbocycles. The van der Waals surface area contributed by atoms with Crippen LogP contribution in [0.1, 0.15) is 38.2 Å². The van der Waals surface area contributed by atoms with E-state index in [2.05, 4.69) is 28.8 Å². The fourth-order valence-corrected chi connectivity index (χ4v) is 2.98. The molecule has 0 heterocycles. The molecule has 10 heteroatoms. The third kappa shape index (κ3) is 11.4. The summed E-state index contributed by atoms with van der Waals surface area (Å²) >= 11 is 0. The van der Waals surface area contributed by atoms with Gasteiger partial charge in [-0.2, -0.15) is 0 Å². The summed E-state index contributed by atoms with van der Waals surface area (Å²) in [6, 6.07) is 5.27. The van der Waals surface area contributed by atoms with Gasteiger partial charge >= 0.3 is 0 Å². The number of unbranched alkanes of at least 4 members (excludes halogenated alkanes) is 2. The summed E-state index contributed by atoms with van der Waals surface area (Å²) in [6.07, 6.45) is 4.23. The first-order valence-electron chi connectivity index (χ1n) is 10.6. The minimum atomic E-state index is -0.874. The number of nitrogens with two attached hydrogens (primary N) is 3. The van der Waals surface area contributed by atoms with Crippen LogP contribution < -0.4 is 32.6 Å². The van der Waals surface area contributed by atoms with E-state index in [0.717, 1.165) is 18.4 Å². The Hall–Kier alpha value is -3.82. The lowest BCUT2D eigenvalue weighted by Gasteiger charge is -2.22. The zero-order valence-electron chi connectivity index (χ0n) is 19.0. The number of hydrogen-bond acceptors (Lipinski definition) is 5. The second kappa shape index (κ2) is 14.3. The highest BCUT2D eigenvalue weighted by molar-refractivity contribution is 5.91. The van der Waals surface area contributed by atoms with Crippen LogP contribution in [0.4, 0.5) is 0 Å². The van der Waals surface area contributed by atoms with Crippen molar-refractivity contribution >= 4 is 23.7 Å². The highest BCUT2D eigenvalue weighted by atomic mass is 16.5. The first-order valence-corrected chi connectivity index (χ1v) is 10.6. The molecule has 0 aliphatic heterocycles. The maximum absolute atomic E-state index is 12.8. The van der Waals surface area contributed by atoms with Gasteiger partial charge in [-0.1, -0.05) is 38.1 Å². The molecule has 0 radical (unpaired) electrons. The van der Waals surface area contributed by atoms with Gasteiger partial charge in [0.05, 0.1) is 0 Å². The summed E-state index contributed by atoms with van der Waals surface area (Å²) in [7, 11) is 0. The first-order chi connectivity index (χ1) is 15.6. The molecule has 180 valence electrons. The van der Waals surface area contributed by atoms with Crippen molar-refractivity contribution in [3.63, 3.8) is 0 Å².